The molecule has 1 fully saturated rings. The molecule has 19 heavy (non-hydrogen) atoms. The predicted molar refractivity (Wildman–Crippen MR) is 74.9 cm³/mol. The van der Waals surface area contributed by atoms with E-state index in [1.54, 1.807) is 7.05 Å². The normalized spacial score (nSPS) is 18.6. The molecule has 6 nitrogen and oxygen atoms in total. The lowest BCUT2D eigenvalue weighted by atomic mass is 10.1. The molecule has 0 saturated carbocycles. The summed E-state index contributed by atoms with van der Waals surface area (Å²) >= 11 is 0. The first kappa shape index (κ1) is 13.6. The summed E-state index contributed by atoms with van der Waals surface area (Å²) in [4.78, 5) is 22.4. The zero-order chi connectivity index (χ0) is 13.8. The van der Waals surface area contributed by atoms with Gasteiger partial charge in [0.25, 0.3) is 0 Å². The lowest BCUT2D eigenvalue weighted by Gasteiger charge is -2.26. The molecule has 104 valence electrons. The maximum absolute atomic E-state index is 11.9. The smallest absolute Gasteiger partial charge is 0.242 e. The van der Waals surface area contributed by atoms with E-state index in [4.69, 9.17) is 5.73 Å². The molecule has 6 heteroatoms. The van der Waals surface area contributed by atoms with Gasteiger partial charge < -0.3 is 16.0 Å². The molecule has 1 aliphatic rings. The molecule has 1 amide bonds. The van der Waals surface area contributed by atoms with E-state index in [-0.39, 0.29) is 11.9 Å². The van der Waals surface area contributed by atoms with E-state index in [2.05, 4.69) is 27.1 Å². The number of amides is 1. The first-order chi connectivity index (χ1) is 9.19. The van der Waals surface area contributed by atoms with E-state index in [0.29, 0.717) is 5.82 Å². The summed E-state index contributed by atoms with van der Waals surface area (Å²) in [6, 6.07) is -0.144. The molecule has 1 aromatic rings. The van der Waals surface area contributed by atoms with Gasteiger partial charge in [-0.2, -0.15) is 0 Å². The van der Waals surface area contributed by atoms with Gasteiger partial charge in [-0.05, 0) is 19.3 Å². The fraction of sp³-hybridized carbons (Fsp3) is 0.615. The van der Waals surface area contributed by atoms with E-state index in [9.17, 15) is 4.79 Å². The van der Waals surface area contributed by atoms with Crippen LogP contribution in [0.1, 0.15) is 31.7 Å². The summed E-state index contributed by atoms with van der Waals surface area (Å²) in [6.07, 6.45) is 5.13. The van der Waals surface area contributed by atoms with Gasteiger partial charge in [0.1, 0.15) is 24.0 Å². The molecular formula is C13H21N5O. The minimum Gasteiger partial charge on any atom is -0.383 e. The van der Waals surface area contributed by atoms with Crippen molar-refractivity contribution < 1.29 is 4.79 Å². The largest absolute Gasteiger partial charge is 0.383 e. The highest BCUT2D eigenvalue weighted by molar-refractivity contribution is 5.85. The Morgan fingerprint density at radius 3 is 3.05 bits per heavy atom. The first-order valence-corrected chi connectivity index (χ1v) is 6.76. The third-order valence-corrected chi connectivity index (χ3v) is 3.53. The number of nitrogens with zero attached hydrogens (tertiary/aromatic N) is 3. The Labute approximate surface area is 113 Å². The third-order valence-electron chi connectivity index (χ3n) is 3.53. The molecule has 0 aliphatic carbocycles. The van der Waals surface area contributed by atoms with E-state index < -0.39 is 0 Å². The van der Waals surface area contributed by atoms with Crippen LogP contribution in [0.3, 0.4) is 0 Å². The Balaban J connectivity index is 2.35. The van der Waals surface area contributed by atoms with Crippen LogP contribution >= 0.6 is 0 Å². The molecule has 1 unspecified atom stereocenters. The summed E-state index contributed by atoms with van der Waals surface area (Å²) < 4.78 is 0. The van der Waals surface area contributed by atoms with E-state index in [0.717, 1.165) is 43.6 Å². The molecule has 1 atom stereocenters. The fourth-order valence-electron chi connectivity index (χ4n) is 2.61. The number of nitrogens with one attached hydrogen (secondary N) is 1. The second-order valence-corrected chi connectivity index (χ2v) is 4.78. The topological polar surface area (TPSA) is 84.1 Å². The molecule has 0 aromatic carbocycles. The molecule has 0 bridgehead atoms. The Bertz CT molecular complexity index is 462. The lowest BCUT2D eigenvalue weighted by molar-refractivity contribution is -0.121. The van der Waals surface area contributed by atoms with Crippen LogP contribution in [0.2, 0.25) is 0 Å². The number of nitrogens with two attached hydrogens (primary N) is 1. The van der Waals surface area contributed by atoms with E-state index in [1.807, 2.05) is 0 Å². The van der Waals surface area contributed by atoms with Gasteiger partial charge in [0.15, 0.2) is 0 Å². The number of hydrogen-bond donors (Lipinski definition) is 2. The number of rotatable bonds is 4. The van der Waals surface area contributed by atoms with Crippen molar-refractivity contribution in [2.45, 2.75) is 38.6 Å². The quantitative estimate of drug-likeness (QED) is 0.836. The molecule has 1 saturated heterocycles. The lowest BCUT2D eigenvalue weighted by Crippen LogP contribution is -2.42. The monoisotopic (exact) mass is 263 g/mol. The summed E-state index contributed by atoms with van der Waals surface area (Å²) in [5, 5.41) is 2.72. The van der Waals surface area contributed by atoms with Gasteiger partial charge in [0.2, 0.25) is 5.91 Å². The Morgan fingerprint density at radius 1 is 1.58 bits per heavy atom. The molecule has 3 N–H and O–H groups in total. The summed E-state index contributed by atoms with van der Waals surface area (Å²) in [5.41, 5.74) is 6.91. The zero-order valence-electron chi connectivity index (χ0n) is 11.5. The van der Waals surface area contributed by atoms with Crippen molar-refractivity contribution in [2.24, 2.45) is 0 Å². The van der Waals surface area contributed by atoms with Crippen molar-refractivity contribution in [3.63, 3.8) is 0 Å². The first-order valence-electron chi connectivity index (χ1n) is 6.76. The van der Waals surface area contributed by atoms with Gasteiger partial charge in [-0.15, -0.1) is 0 Å². The fourth-order valence-corrected chi connectivity index (χ4v) is 2.61. The van der Waals surface area contributed by atoms with Gasteiger partial charge in [0, 0.05) is 19.2 Å². The minimum atomic E-state index is -0.144. The molecule has 1 aromatic heterocycles. The van der Waals surface area contributed by atoms with Gasteiger partial charge in [-0.3, -0.25) is 4.79 Å². The molecule has 0 radical (unpaired) electrons. The van der Waals surface area contributed by atoms with Crippen LogP contribution in [0.4, 0.5) is 11.6 Å². The Hall–Kier alpha value is -1.85. The van der Waals surface area contributed by atoms with Crippen molar-refractivity contribution in [1.82, 2.24) is 15.3 Å². The highest BCUT2D eigenvalue weighted by Gasteiger charge is 2.32. The SMILES string of the molecule is CCCc1c(N)ncnc1N1CCCC1C(=O)NC. The van der Waals surface area contributed by atoms with Crippen molar-refractivity contribution >= 4 is 17.5 Å². The van der Waals surface area contributed by atoms with Crippen molar-refractivity contribution in [3.8, 4) is 0 Å². The molecule has 1 aliphatic heterocycles. The van der Waals surface area contributed by atoms with Gasteiger partial charge >= 0.3 is 0 Å². The Kier molecular flexibility index (Phi) is 4.19. The summed E-state index contributed by atoms with van der Waals surface area (Å²) in [5.74, 6) is 1.38. The van der Waals surface area contributed by atoms with Crippen LogP contribution in [-0.2, 0) is 11.2 Å². The highest BCUT2D eigenvalue weighted by Crippen LogP contribution is 2.29. The van der Waals surface area contributed by atoms with Crippen molar-refractivity contribution in [2.75, 3.05) is 24.2 Å². The second-order valence-electron chi connectivity index (χ2n) is 4.78. The molecular weight excluding hydrogens is 242 g/mol. The predicted octanol–water partition coefficient (Wildman–Crippen LogP) is 0.726. The number of aromatic nitrogens is 2. The van der Waals surface area contributed by atoms with Gasteiger partial charge in [0.05, 0.1) is 0 Å². The van der Waals surface area contributed by atoms with Crippen molar-refractivity contribution in [1.29, 1.82) is 0 Å². The van der Waals surface area contributed by atoms with Crippen LogP contribution in [-0.4, -0.2) is 35.5 Å². The van der Waals surface area contributed by atoms with Crippen LogP contribution in [0.5, 0.6) is 0 Å². The van der Waals surface area contributed by atoms with Crippen LogP contribution < -0.4 is 16.0 Å². The maximum atomic E-state index is 11.9. The number of likely N-dealkylation sites (N-methyl/N-ethyl adjacent to an activating group) is 1. The van der Waals surface area contributed by atoms with Crippen molar-refractivity contribution in [3.05, 3.63) is 11.9 Å². The Morgan fingerprint density at radius 2 is 2.37 bits per heavy atom. The number of carbonyl (C=O) groups excluding carboxylic acids is 1. The van der Waals surface area contributed by atoms with Crippen LogP contribution in [0.15, 0.2) is 6.33 Å². The zero-order valence-corrected chi connectivity index (χ0v) is 11.5. The number of carbonyl (C=O) groups is 1. The highest BCUT2D eigenvalue weighted by atomic mass is 16.2. The second kappa shape index (κ2) is 5.86. The average molecular weight is 263 g/mol. The van der Waals surface area contributed by atoms with E-state index >= 15 is 0 Å². The number of hydrogen-bond acceptors (Lipinski definition) is 5. The molecule has 2 heterocycles. The summed E-state index contributed by atoms with van der Waals surface area (Å²) in [6.45, 7) is 2.93. The van der Waals surface area contributed by atoms with Gasteiger partial charge in [-0.25, -0.2) is 9.97 Å². The summed E-state index contributed by atoms with van der Waals surface area (Å²) in [7, 11) is 1.67. The van der Waals surface area contributed by atoms with Gasteiger partial charge in [-0.1, -0.05) is 13.3 Å². The average Bonchev–Trinajstić information content (AvgIpc) is 2.89. The molecule has 0 spiro atoms. The number of nitrogen functional groups attached to an aromatic ring is 1. The number of anilines is 2. The van der Waals surface area contributed by atoms with Crippen LogP contribution in [0, 0.1) is 0 Å². The third kappa shape index (κ3) is 2.62. The van der Waals surface area contributed by atoms with E-state index in [1.165, 1.54) is 6.33 Å². The van der Waals surface area contributed by atoms with Crippen LogP contribution in [0.25, 0.3) is 0 Å². The standard InChI is InChI=1S/C13H21N5O/c1-3-5-9-11(14)16-8-17-12(9)18-7-4-6-10(18)13(19)15-2/h8,10H,3-7H2,1-2H3,(H,15,19)(H2,14,16,17). The molecule has 2 rings (SSSR count). The minimum absolute atomic E-state index is 0.0390. The maximum Gasteiger partial charge on any atom is 0.242 e.